The lowest BCUT2D eigenvalue weighted by atomic mass is 10.0. The number of rotatable bonds is 3. The van der Waals surface area contributed by atoms with Crippen LogP contribution in [0.25, 0.3) is 32.5 Å². The summed E-state index contributed by atoms with van der Waals surface area (Å²) in [5.74, 6) is 0. The van der Waals surface area contributed by atoms with Gasteiger partial charge in [-0.05, 0) is 61.5 Å². The first-order chi connectivity index (χ1) is 15.3. The fourth-order valence-corrected chi connectivity index (χ4v) is 4.61. The second kappa shape index (κ2) is 7.62. The van der Waals surface area contributed by atoms with E-state index in [4.69, 9.17) is 4.74 Å². The summed E-state index contributed by atoms with van der Waals surface area (Å²) in [5.41, 5.74) is 4.21. The SMILES string of the molecule is CC(C)(C)OC(=O)n1nc(-c2cc3cc(C(O)c4ccccc4)ccc3[nH]2)c2sccc21. The van der Waals surface area contributed by atoms with Crippen LogP contribution in [-0.2, 0) is 4.74 Å². The third-order valence-electron chi connectivity index (χ3n) is 5.19. The van der Waals surface area contributed by atoms with E-state index in [9.17, 15) is 9.90 Å². The van der Waals surface area contributed by atoms with Crippen molar-refractivity contribution in [3.05, 3.63) is 77.2 Å². The predicted molar refractivity (Wildman–Crippen MR) is 127 cm³/mol. The lowest BCUT2D eigenvalue weighted by molar-refractivity contribution is 0.0523. The number of thiophene rings is 1. The molecule has 1 atom stereocenters. The van der Waals surface area contributed by atoms with Crippen molar-refractivity contribution in [3.63, 3.8) is 0 Å². The average Bonchev–Trinajstić information content (AvgIpc) is 3.46. The molecule has 0 fully saturated rings. The van der Waals surface area contributed by atoms with Gasteiger partial charge < -0.3 is 14.8 Å². The van der Waals surface area contributed by atoms with Crippen molar-refractivity contribution >= 4 is 38.5 Å². The van der Waals surface area contributed by atoms with E-state index in [0.717, 1.165) is 37.9 Å². The number of hydrogen-bond donors (Lipinski definition) is 2. The van der Waals surface area contributed by atoms with Crippen molar-refractivity contribution < 1.29 is 14.6 Å². The minimum atomic E-state index is -0.700. The van der Waals surface area contributed by atoms with Gasteiger partial charge in [0.25, 0.3) is 0 Å². The second-order valence-corrected chi connectivity index (χ2v) is 9.63. The van der Waals surface area contributed by atoms with E-state index in [0.29, 0.717) is 5.69 Å². The molecule has 0 saturated heterocycles. The second-order valence-electron chi connectivity index (χ2n) is 8.72. The van der Waals surface area contributed by atoms with E-state index in [1.165, 1.54) is 16.0 Å². The third-order valence-corrected chi connectivity index (χ3v) is 6.10. The van der Waals surface area contributed by atoms with Crippen molar-refractivity contribution in [2.45, 2.75) is 32.5 Å². The number of aliphatic hydroxyl groups is 1. The molecule has 3 aromatic heterocycles. The number of benzene rings is 2. The molecule has 0 amide bonds. The zero-order valence-electron chi connectivity index (χ0n) is 18.0. The number of hydrogen-bond acceptors (Lipinski definition) is 5. The molecule has 0 aliphatic heterocycles. The lowest BCUT2D eigenvalue weighted by Crippen LogP contribution is -2.27. The Labute approximate surface area is 189 Å². The molecule has 32 heavy (non-hydrogen) atoms. The standard InChI is InChI=1S/C25H23N3O3S/c1-25(2,3)31-24(30)28-20-11-12-32-23(20)21(27-28)19-14-17-13-16(9-10-18(17)26-19)22(29)15-7-5-4-6-8-15/h4-14,22,26,29H,1-3H3. The molecule has 0 radical (unpaired) electrons. The summed E-state index contributed by atoms with van der Waals surface area (Å²) >= 11 is 1.53. The first-order valence-electron chi connectivity index (χ1n) is 10.4. The Hall–Kier alpha value is -3.42. The quantitative estimate of drug-likeness (QED) is 0.351. The van der Waals surface area contributed by atoms with Gasteiger partial charge in [0.2, 0.25) is 0 Å². The Morgan fingerprint density at radius 3 is 2.62 bits per heavy atom. The van der Waals surface area contributed by atoms with E-state index in [1.54, 1.807) is 0 Å². The summed E-state index contributed by atoms with van der Waals surface area (Å²) in [6.45, 7) is 5.50. The third kappa shape index (κ3) is 3.70. The molecule has 2 aromatic carbocycles. The Morgan fingerprint density at radius 1 is 1.09 bits per heavy atom. The highest BCUT2D eigenvalue weighted by molar-refractivity contribution is 7.17. The Morgan fingerprint density at radius 2 is 1.88 bits per heavy atom. The topological polar surface area (TPSA) is 80.1 Å². The number of carbonyl (C=O) groups excluding carboxylic acids is 1. The molecular weight excluding hydrogens is 422 g/mol. The zero-order valence-corrected chi connectivity index (χ0v) is 18.8. The Bertz CT molecular complexity index is 1420. The predicted octanol–water partition coefficient (Wildman–Crippen LogP) is 6.11. The number of aliphatic hydroxyl groups excluding tert-OH is 1. The van der Waals surface area contributed by atoms with Crippen LogP contribution in [0.15, 0.2) is 66.0 Å². The fraction of sp³-hybridized carbons (Fsp3) is 0.200. The van der Waals surface area contributed by atoms with Gasteiger partial charge >= 0.3 is 6.09 Å². The average molecular weight is 446 g/mol. The fourth-order valence-electron chi connectivity index (χ4n) is 3.74. The van der Waals surface area contributed by atoms with Gasteiger partial charge in [-0.2, -0.15) is 9.78 Å². The van der Waals surface area contributed by atoms with Crippen LogP contribution in [0, 0.1) is 0 Å². The first kappa shape index (κ1) is 20.5. The van der Waals surface area contributed by atoms with Crippen molar-refractivity contribution in [2.75, 3.05) is 0 Å². The maximum atomic E-state index is 12.7. The van der Waals surface area contributed by atoms with Crippen LogP contribution in [0.2, 0.25) is 0 Å². The number of H-pyrrole nitrogens is 1. The summed E-state index contributed by atoms with van der Waals surface area (Å²) in [6, 6.07) is 19.3. The van der Waals surface area contributed by atoms with Crippen LogP contribution in [0.1, 0.15) is 38.0 Å². The van der Waals surface area contributed by atoms with Gasteiger partial charge in [0.15, 0.2) is 0 Å². The van der Waals surface area contributed by atoms with Crippen LogP contribution < -0.4 is 0 Å². The number of aromatic amines is 1. The molecule has 0 saturated carbocycles. The summed E-state index contributed by atoms with van der Waals surface area (Å²) in [7, 11) is 0. The minimum absolute atomic E-state index is 0.503. The van der Waals surface area contributed by atoms with E-state index < -0.39 is 17.8 Å². The molecule has 0 spiro atoms. The maximum Gasteiger partial charge on any atom is 0.435 e. The number of nitrogens with zero attached hydrogens (tertiary/aromatic N) is 2. The molecule has 6 nitrogen and oxygen atoms in total. The van der Waals surface area contributed by atoms with Gasteiger partial charge in [0.1, 0.15) is 17.4 Å². The van der Waals surface area contributed by atoms with Crippen LogP contribution >= 0.6 is 11.3 Å². The molecule has 5 aromatic rings. The molecular formula is C25H23N3O3S. The number of aromatic nitrogens is 3. The summed E-state index contributed by atoms with van der Waals surface area (Å²) < 4.78 is 7.75. The molecule has 0 aliphatic rings. The van der Waals surface area contributed by atoms with Crippen molar-refractivity contribution in [3.8, 4) is 11.4 Å². The van der Waals surface area contributed by atoms with Gasteiger partial charge in [0.05, 0.1) is 15.9 Å². The van der Waals surface area contributed by atoms with Crippen molar-refractivity contribution in [2.24, 2.45) is 0 Å². The zero-order chi connectivity index (χ0) is 22.5. The number of nitrogens with one attached hydrogen (secondary N) is 1. The van der Waals surface area contributed by atoms with E-state index in [-0.39, 0.29) is 0 Å². The molecule has 7 heteroatoms. The van der Waals surface area contributed by atoms with E-state index >= 15 is 0 Å². The summed E-state index contributed by atoms with van der Waals surface area (Å²) in [4.78, 5) is 16.1. The number of fused-ring (bicyclic) bond motifs is 2. The van der Waals surface area contributed by atoms with E-state index in [1.807, 2.05) is 86.8 Å². The highest BCUT2D eigenvalue weighted by Crippen LogP contribution is 2.34. The molecule has 0 aliphatic carbocycles. The summed E-state index contributed by atoms with van der Waals surface area (Å²) in [5, 5.41) is 18.2. The Kier molecular flexibility index (Phi) is 4.87. The monoisotopic (exact) mass is 445 g/mol. The van der Waals surface area contributed by atoms with Crippen molar-refractivity contribution in [1.82, 2.24) is 14.8 Å². The summed E-state index contributed by atoms with van der Waals surface area (Å²) in [6.07, 6.45) is -1.20. The minimum Gasteiger partial charge on any atom is -0.442 e. The van der Waals surface area contributed by atoms with Crippen LogP contribution in [0.3, 0.4) is 0 Å². The van der Waals surface area contributed by atoms with Gasteiger partial charge in [0, 0.05) is 10.9 Å². The van der Waals surface area contributed by atoms with Crippen LogP contribution in [0.5, 0.6) is 0 Å². The highest BCUT2D eigenvalue weighted by atomic mass is 32.1. The maximum absolute atomic E-state index is 12.7. The van der Waals surface area contributed by atoms with Gasteiger partial charge in [-0.1, -0.05) is 36.4 Å². The van der Waals surface area contributed by atoms with Crippen LogP contribution in [0.4, 0.5) is 4.79 Å². The molecule has 3 heterocycles. The largest absolute Gasteiger partial charge is 0.442 e. The molecule has 2 N–H and O–H groups in total. The highest BCUT2D eigenvalue weighted by Gasteiger charge is 2.24. The molecule has 0 bridgehead atoms. The molecule has 1 unspecified atom stereocenters. The number of carbonyl (C=O) groups is 1. The number of ether oxygens (including phenoxy) is 1. The smallest absolute Gasteiger partial charge is 0.435 e. The molecule has 162 valence electrons. The lowest BCUT2D eigenvalue weighted by Gasteiger charge is -2.18. The van der Waals surface area contributed by atoms with E-state index in [2.05, 4.69) is 10.1 Å². The van der Waals surface area contributed by atoms with Crippen LogP contribution in [-0.4, -0.2) is 31.6 Å². The van der Waals surface area contributed by atoms with Gasteiger partial charge in [-0.15, -0.1) is 11.3 Å². The van der Waals surface area contributed by atoms with Gasteiger partial charge in [-0.3, -0.25) is 0 Å². The first-order valence-corrected chi connectivity index (χ1v) is 11.2. The molecule has 5 rings (SSSR count). The normalized spacial score (nSPS) is 13.0. The van der Waals surface area contributed by atoms with Crippen molar-refractivity contribution in [1.29, 1.82) is 0 Å². The van der Waals surface area contributed by atoms with Gasteiger partial charge in [-0.25, -0.2) is 4.79 Å². The Balaban J connectivity index is 1.54.